The first-order valence-electron chi connectivity index (χ1n) is 3.71. The highest BCUT2D eigenvalue weighted by molar-refractivity contribution is 5.55. The van der Waals surface area contributed by atoms with Gasteiger partial charge in [-0.2, -0.15) is 0 Å². The van der Waals surface area contributed by atoms with E-state index in [4.69, 9.17) is 5.73 Å². The molecule has 0 fully saturated rings. The number of rotatable bonds is 1. The number of anilines is 1. The van der Waals surface area contributed by atoms with Crippen LogP contribution in [0, 0.1) is 17.7 Å². The van der Waals surface area contributed by atoms with Crippen molar-refractivity contribution in [3.8, 4) is 11.8 Å². The summed E-state index contributed by atoms with van der Waals surface area (Å²) < 4.78 is 12.8. The van der Waals surface area contributed by atoms with Gasteiger partial charge in [-0.05, 0) is 18.2 Å². The van der Waals surface area contributed by atoms with E-state index in [0.29, 0.717) is 11.8 Å². The molecule has 0 aliphatic heterocycles. The topological polar surface area (TPSA) is 43.1 Å². The predicted octanol–water partition coefficient (Wildman–Crippen LogP) is 1.35. The quantitative estimate of drug-likeness (QED) is 0.399. The maximum Gasteiger partial charge on any atom is 0.147 e. The zero-order valence-corrected chi connectivity index (χ0v) is 6.88. The van der Waals surface area contributed by atoms with Crippen LogP contribution in [0.15, 0.2) is 18.2 Å². The summed E-state index contributed by atoms with van der Waals surface area (Å²) in [5.41, 5.74) is 5.88. The maximum absolute atomic E-state index is 12.8. The van der Waals surface area contributed by atoms with Crippen molar-refractivity contribution in [1.82, 2.24) is 0 Å². The van der Waals surface area contributed by atoms with Gasteiger partial charge in [0.05, 0.1) is 12.1 Å². The van der Waals surface area contributed by atoms with Crippen molar-refractivity contribution in [2.24, 2.45) is 0 Å². The van der Waals surface area contributed by atoms with E-state index in [-0.39, 0.29) is 12.1 Å². The smallest absolute Gasteiger partial charge is 0.147 e. The van der Waals surface area contributed by atoms with Crippen LogP contribution < -0.4 is 5.73 Å². The number of carbonyl (C=O) groups is 1. The number of carbonyl (C=O) groups excluding carboxylic acids is 1. The Bertz CT molecular complexity index is 376. The number of hydrogen-bond donors (Lipinski definition) is 1. The summed E-state index contributed by atoms with van der Waals surface area (Å²) >= 11 is 0. The molecule has 0 spiro atoms. The summed E-state index contributed by atoms with van der Waals surface area (Å²) in [6.45, 7) is 0. The Morgan fingerprint density at radius 1 is 1.54 bits per heavy atom. The average Bonchev–Trinajstić information content (AvgIpc) is 2.12. The largest absolute Gasteiger partial charge is 0.396 e. The van der Waals surface area contributed by atoms with Crippen LogP contribution in [0.5, 0.6) is 0 Å². The standard InChI is InChI=1S/C10H8FNO/c11-9-7-8(3-1-2-6-13)4-5-10(9)12/h4-7H,2,12H2. The average molecular weight is 177 g/mol. The Labute approximate surface area is 75.6 Å². The van der Waals surface area contributed by atoms with Gasteiger partial charge in [-0.3, -0.25) is 0 Å². The van der Waals surface area contributed by atoms with E-state index in [1.807, 2.05) is 0 Å². The fourth-order valence-corrected chi connectivity index (χ4v) is 0.800. The SMILES string of the molecule is Nc1ccc(C#CCC=O)cc1F. The lowest BCUT2D eigenvalue weighted by molar-refractivity contribution is -0.107. The van der Waals surface area contributed by atoms with Crippen LogP contribution in [0.4, 0.5) is 10.1 Å². The number of benzene rings is 1. The third-order valence-corrected chi connectivity index (χ3v) is 1.42. The molecule has 0 unspecified atom stereocenters. The molecule has 0 aliphatic carbocycles. The van der Waals surface area contributed by atoms with Crippen molar-refractivity contribution >= 4 is 12.0 Å². The van der Waals surface area contributed by atoms with Crippen LogP contribution in [0.2, 0.25) is 0 Å². The highest BCUT2D eigenvalue weighted by Gasteiger charge is 1.96. The summed E-state index contributed by atoms with van der Waals surface area (Å²) in [6.07, 6.45) is 0.854. The maximum atomic E-state index is 12.8. The van der Waals surface area contributed by atoms with E-state index in [9.17, 15) is 9.18 Å². The molecule has 0 aliphatic rings. The van der Waals surface area contributed by atoms with Crippen LogP contribution in [0.3, 0.4) is 0 Å². The summed E-state index contributed by atoms with van der Waals surface area (Å²) in [5.74, 6) is 4.72. The number of nitrogens with two attached hydrogens (primary N) is 1. The molecule has 0 atom stereocenters. The van der Waals surface area contributed by atoms with Crippen molar-refractivity contribution in [1.29, 1.82) is 0 Å². The first-order chi connectivity index (χ1) is 6.24. The molecule has 2 N–H and O–H groups in total. The van der Waals surface area contributed by atoms with Crippen molar-refractivity contribution in [3.63, 3.8) is 0 Å². The van der Waals surface area contributed by atoms with Crippen molar-refractivity contribution in [3.05, 3.63) is 29.6 Å². The Morgan fingerprint density at radius 2 is 2.31 bits per heavy atom. The van der Waals surface area contributed by atoms with Crippen molar-refractivity contribution in [2.75, 3.05) is 5.73 Å². The second-order valence-corrected chi connectivity index (χ2v) is 2.41. The van der Waals surface area contributed by atoms with E-state index >= 15 is 0 Å². The predicted molar refractivity (Wildman–Crippen MR) is 48.4 cm³/mol. The molecule has 1 aromatic rings. The van der Waals surface area contributed by atoms with Gasteiger partial charge in [-0.15, -0.1) is 0 Å². The summed E-state index contributed by atoms with van der Waals surface area (Å²) in [4.78, 5) is 9.92. The van der Waals surface area contributed by atoms with E-state index in [2.05, 4.69) is 11.8 Å². The van der Waals surface area contributed by atoms with E-state index < -0.39 is 5.82 Å². The molecule has 13 heavy (non-hydrogen) atoms. The van der Waals surface area contributed by atoms with Crippen LogP contribution in [-0.2, 0) is 4.79 Å². The zero-order valence-electron chi connectivity index (χ0n) is 6.88. The van der Waals surface area contributed by atoms with Crippen LogP contribution in [0.1, 0.15) is 12.0 Å². The van der Waals surface area contributed by atoms with Crippen molar-refractivity contribution in [2.45, 2.75) is 6.42 Å². The second-order valence-electron chi connectivity index (χ2n) is 2.41. The minimum Gasteiger partial charge on any atom is -0.396 e. The van der Waals surface area contributed by atoms with Gasteiger partial charge in [0.1, 0.15) is 12.1 Å². The molecule has 1 aromatic carbocycles. The molecule has 2 nitrogen and oxygen atoms in total. The van der Waals surface area contributed by atoms with Crippen molar-refractivity contribution < 1.29 is 9.18 Å². The number of aldehydes is 1. The number of halogens is 1. The normalized spacial score (nSPS) is 8.69. The van der Waals surface area contributed by atoms with Gasteiger partial charge in [0, 0.05) is 5.56 Å². The highest BCUT2D eigenvalue weighted by atomic mass is 19.1. The summed E-state index contributed by atoms with van der Waals surface area (Å²) in [5, 5.41) is 0. The minimum absolute atomic E-state index is 0.0981. The van der Waals surface area contributed by atoms with E-state index in [0.717, 1.165) is 0 Å². The molecule has 0 saturated heterocycles. The zero-order chi connectivity index (χ0) is 9.68. The van der Waals surface area contributed by atoms with E-state index in [1.165, 1.54) is 12.1 Å². The molecular weight excluding hydrogens is 169 g/mol. The molecule has 0 radical (unpaired) electrons. The summed E-state index contributed by atoms with van der Waals surface area (Å²) in [6, 6.07) is 4.30. The number of nitrogen functional groups attached to an aromatic ring is 1. The fourth-order valence-electron chi connectivity index (χ4n) is 0.800. The lowest BCUT2D eigenvalue weighted by Crippen LogP contribution is -1.90. The fraction of sp³-hybridized carbons (Fsp3) is 0.100. The Balaban J connectivity index is 2.87. The van der Waals surface area contributed by atoms with E-state index in [1.54, 1.807) is 6.07 Å². The van der Waals surface area contributed by atoms with Crippen LogP contribution >= 0.6 is 0 Å². The van der Waals surface area contributed by atoms with Gasteiger partial charge in [-0.1, -0.05) is 11.8 Å². The molecule has 3 heteroatoms. The molecule has 0 amide bonds. The van der Waals surface area contributed by atoms with Gasteiger partial charge in [-0.25, -0.2) is 4.39 Å². The minimum atomic E-state index is -0.488. The second kappa shape index (κ2) is 4.27. The monoisotopic (exact) mass is 177 g/mol. The Hall–Kier alpha value is -1.82. The first-order valence-corrected chi connectivity index (χ1v) is 3.71. The molecule has 0 heterocycles. The highest BCUT2D eigenvalue weighted by Crippen LogP contribution is 2.10. The Morgan fingerprint density at radius 3 is 2.92 bits per heavy atom. The third kappa shape index (κ3) is 2.60. The van der Waals surface area contributed by atoms with Crippen LogP contribution in [0.25, 0.3) is 0 Å². The molecule has 0 saturated carbocycles. The van der Waals surface area contributed by atoms with Gasteiger partial charge in [0.15, 0.2) is 0 Å². The molecule has 0 aromatic heterocycles. The third-order valence-electron chi connectivity index (χ3n) is 1.42. The van der Waals surface area contributed by atoms with Gasteiger partial charge >= 0.3 is 0 Å². The molecule has 1 rings (SSSR count). The van der Waals surface area contributed by atoms with Gasteiger partial charge < -0.3 is 10.5 Å². The molecular formula is C10H8FNO. The van der Waals surface area contributed by atoms with Gasteiger partial charge in [0.25, 0.3) is 0 Å². The number of hydrogen-bond acceptors (Lipinski definition) is 2. The molecule has 66 valence electrons. The van der Waals surface area contributed by atoms with Crippen LogP contribution in [-0.4, -0.2) is 6.29 Å². The molecule has 0 bridgehead atoms. The lowest BCUT2D eigenvalue weighted by atomic mass is 10.2. The van der Waals surface area contributed by atoms with Gasteiger partial charge in [0.2, 0.25) is 0 Å². The Kier molecular flexibility index (Phi) is 3.04. The lowest BCUT2D eigenvalue weighted by Gasteiger charge is -1.95. The summed E-state index contributed by atoms with van der Waals surface area (Å²) in [7, 11) is 0. The first kappa shape index (κ1) is 9.27.